The number of nitriles is 1. The first-order valence-electron chi connectivity index (χ1n) is 5.35. The minimum atomic E-state index is -0.501. The van der Waals surface area contributed by atoms with E-state index in [0.717, 1.165) is 0 Å². The van der Waals surface area contributed by atoms with Gasteiger partial charge in [0.05, 0.1) is 22.2 Å². The fraction of sp³-hybridized carbons (Fsp3) is 0.462. The van der Waals surface area contributed by atoms with Gasteiger partial charge in [-0.15, -0.1) is 0 Å². The first-order chi connectivity index (χ1) is 7.76. The minimum absolute atomic E-state index is 0.286. The van der Waals surface area contributed by atoms with Crippen LogP contribution in [0.1, 0.15) is 19.4 Å². The molecule has 0 N–H and O–H groups in total. The van der Waals surface area contributed by atoms with Gasteiger partial charge in [0, 0.05) is 13.6 Å². The molecule has 1 rings (SSSR count). The van der Waals surface area contributed by atoms with Crippen LogP contribution in [-0.2, 0) is 0 Å². The topological polar surface area (TPSA) is 27.0 Å². The van der Waals surface area contributed by atoms with Crippen LogP contribution < -0.4 is 4.90 Å². The number of rotatable bonds is 3. The van der Waals surface area contributed by atoms with Crippen molar-refractivity contribution in [2.45, 2.75) is 20.8 Å². The third-order valence-corrected chi connectivity index (χ3v) is 2.88. The molecule has 17 heavy (non-hydrogen) atoms. The summed E-state index contributed by atoms with van der Waals surface area (Å²) in [5.41, 5.74) is 0.629. The van der Waals surface area contributed by atoms with Gasteiger partial charge in [-0.2, -0.15) is 5.26 Å². The molecule has 0 bridgehead atoms. The Labute approximate surface area is 107 Å². The number of aryl methyl sites for hydroxylation is 1. The van der Waals surface area contributed by atoms with Crippen molar-refractivity contribution in [3.63, 3.8) is 0 Å². The Hall–Kier alpha value is -1.27. The van der Waals surface area contributed by atoms with Crippen LogP contribution in [0.2, 0.25) is 5.02 Å². The largest absolute Gasteiger partial charge is 0.372 e. The Kier molecular flexibility index (Phi) is 4.00. The number of anilines is 1. The Morgan fingerprint density at radius 3 is 2.59 bits per heavy atom. The molecule has 0 saturated heterocycles. The lowest BCUT2D eigenvalue weighted by Gasteiger charge is -2.27. The van der Waals surface area contributed by atoms with Crippen LogP contribution in [-0.4, -0.2) is 13.6 Å². The van der Waals surface area contributed by atoms with Gasteiger partial charge < -0.3 is 4.90 Å². The van der Waals surface area contributed by atoms with E-state index in [1.807, 2.05) is 13.8 Å². The first-order valence-corrected chi connectivity index (χ1v) is 5.72. The summed E-state index contributed by atoms with van der Waals surface area (Å²) in [6.45, 7) is 5.83. The summed E-state index contributed by atoms with van der Waals surface area (Å²) >= 11 is 6.08. The van der Waals surface area contributed by atoms with Gasteiger partial charge in [0.15, 0.2) is 0 Å². The van der Waals surface area contributed by atoms with Crippen molar-refractivity contribution in [1.29, 1.82) is 5.26 Å². The molecule has 4 heteroatoms. The smallest absolute Gasteiger partial charge is 0.128 e. The first kappa shape index (κ1) is 13.8. The summed E-state index contributed by atoms with van der Waals surface area (Å²) in [4.78, 5) is 1.80. The maximum absolute atomic E-state index is 13.5. The van der Waals surface area contributed by atoms with Gasteiger partial charge >= 0.3 is 0 Å². The Morgan fingerprint density at radius 2 is 2.06 bits per heavy atom. The zero-order chi connectivity index (χ0) is 13.2. The molecule has 0 aromatic heterocycles. The molecule has 0 heterocycles. The molecule has 0 fully saturated rings. The summed E-state index contributed by atoms with van der Waals surface area (Å²) in [7, 11) is 1.80. The molecule has 1 aromatic carbocycles. The second-order valence-corrected chi connectivity index (χ2v) is 5.31. The molecular weight excluding hydrogens is 239 g/mol. The molecule has 0 amide bonds. The number of hydrogen-bond donors (Lipinski definition) is 0. The lowest BCUT2D eigenvalue weighted by Crippen LogP contribution is -2.30. The Balaban J connectivity index is 3.02. The third-order valence-electron chi connectivity index (χ3n) is 2.57. The van der Waals surface area contributed by atoms with Gasteiger partial charge in [0.25, 0.3) is 0 Å². The minimum Gasteiger partial charge on any atom is -0.372 e. The predicted octanol–water partition coefficient (Wildman–Crippen LogP) is 3.77. The van der Waals surface area contributed by atoms with Crippen LogP contribution in [0.5, 0.6) is 0 Å². The molecule has 0 aliphatic heterocycles. The van der Waals surface area contributed by atoms with E-state index in [4.69, 9.17) is 16.9 Å². The van der Waals surface area contributed by atoms with Crippen molar-refractivity contribution in [1.82, 2.24) is 0 Å². The van der Waals surface area contributed by atoms with Crippen LogP contribution in [0.3, 0.4) is 0 Å². The molecule has 2 nitrogen and oxygen atoms in total. The molecule has 92 valence electrons. The molecule has 0 saturated carbocycles. The molecule has 0 spiro atoms. The van der Waals surface area contributed by atoms with E-state index < -0.39 is 5.41 Å². The molecule has 0 aliphatic rings. The highest BCUT2D eigenvalue weighted by molar-refractivity contribution is 6.33. The van der Waals surface area contributed by atoms with Crippen molar-refractivity contribution in [3.05, 3.63) is 28.5 Å². The standard InChI is InChI=1S/C13H16ClFN2/c1-9-5-10(14)12(6-11(9)15)17(4)8-13(2,3)7-16/h5-6H,8H2,1-4H3. The summed E-state index contributed by atoms with van der Waals surface area (Å²) in [6.07, 6.45) is 0. The Morgan fingerprint density at radius 1 is 1.47 bits per heavy atom. The predicted molar refractivity (Wildman–Crippen MR) is 68.8 cm³/mol. The van der Waals surface area contributed by atoms with Crippen molar-refractivity contribution < 1.29 is 4.39 Å². The van der Waals surface area contributed by atoms with Crippen LogP contribution in [0.4, 0.5) is 10.1 Å². The highest BCUT2D eigenvalue weighted by Gasteiger charge is 2.21. The van der Waals surface area contributed by atoms with Crippen molar-refractivity contribution in [2.75, 3.05) is 18.5 Å². The lowest BCUT2D eigenvalue weighted by molar-refractivity contribution is 0.497. The number of nitrogens with zero attached hydrogens (tertiary/aromatic N) is 2. The quantitative estimate of drug-likeness (QED) is 0.821. The number of hydrogen-bond acceptors (Lipinski definition) is 2. The SMILES string of the molecule is Cc1cc(Cl)c(N(C)CC(C)(C)C#N)cc1F. The van der Waals surface area contributed by atoms with Gasteiger partial charge in [-0.3, -0.25) is 0 Å². The molecule has 0 aliphatic carbocycles. The van der Waals surface area contributed by atoms with Gasteiger partial charge in [0.1, 0.15) is 5.82 Å². The number of halogens is 2. The van der Waals surface area contributed by atoms with E-state index in [1.165, 1.54) is 6.07 Å². The zero-order valence-corrected chi connectivity index (χ0v) is 11.3. The molecule has 0 atom stereocenters. The molecular formula is C13H16ClFN2. The zero-order valence-electron chi connectivity index (χ0n) is 10.5. The van der Waals surface area contributed by atoms with Gasteiger partial charge in [-0.1, -0.05) is 11.6 Å². The molecule has 0 radical (unpaired) electrons. The highest BCUT2D eigenvalue weighted by atomic mass is 35.5. The average Bonchev–Trinajstić information content (AvgIpc) is 2.22. The van der Waals surface area contributed by atoms with Gasteiger partial charge in [0.2, 0.25) is 0 Å². The van der Waals surface area contributed by atoms with Crippen LogP contribution in [0, 0.1) is 29.5 Å². The highest BCUT2D eigenvalue weighted by Crippen LogP contribution is 2.29. The van der Waals surface area contributed by atoms with Crippen molar-refractivity contribution >= 4 is 17.3 Å². The number of benzene rings is 1. The fourth-order valence-electron chi connectivity index (χ4n) is 1.64. The van der Waals surface area contributed by atoms with E-state index in [2.05, 4.69) is 6.07 Å². The second kappa shape index (κ2) is 4.93. The second-order valence-electron chi connectivity index (χ2n) is 4.90. The lowest BCUT2D eigenvalue weighted by atomic mass is 9.95. The van der Waals surface area contributed by atoms with Gasteiger partial charge in [-0.05, 0) is 38.5 Å². The van der Waals surface area contributed by atoms with E-state index in [9.17, 15) is 4.39 Å². The van der Waals surface area contributed by atoms with Crippen LogP contribution in [0.25, 0.3) is 0 Å². The molecule has 1 aromatic rings. The fourth-order valence-corrected chi connectivity index (χ4v) is 2.00. The summed E-state index contributed by atoms with van der Waals surface area (Å²) in [5.74, 6) is -0.286. The van der Waals surface area contributed by atoms with E-state index in [-0.39, 0.29) is 5.82 Å². The summed E-state index contributed by atoms with van der Waals surface area (Å²) in [5, 5.41) is 9.47. The maximum atomic E-state index is 13.5. The summed E-state index contributed by atoms with van der Waals surface area (Å²) < 4.78 is 13.5. The average molecular weight is 255 g/mol. The maximum Gasteiger partial charge on any atom is 0.128 e. The monoisotopic (exact) mass is 254 g/mol. The van der Waals surface area contributed by atoms with E-state index >= 15 is 0 Å². The van der Waals surface area contributed by atoms with Crippen LogP contribution >= 0.6 is 11.6 Å². The van der Waals surface area contributed by atoms with Gasteiger partial charge in [-0.25, -0.2) is 4.39 Å². The van der Waals surface area contributed by atoms with Crippen LogP contribution in [0.15, 0.2) is 12.1 Å². The molecule has 0 unspecified atom stereocenters. The van der Waals surface area contributed by atoms with E-state index in [1.54, 1.807) is 24.9 Å². The van der Waals surface area contributed by atoms with Crippen molar-refractivity contribution in [2.24, 2.45) is 5.41 Å². The summed E-state index contributed by atoms with van der Waals surface area (Å²) in [6, 6.07) is 5.22. The van der Waals surface area contributed by atoms with Crippen molar-refractivity contribution in [3.8, 4) is 6.07 Å². The normalized spacial score (nSPS) is 11.1. The Bertz CT molecular complexity index is 463. The third kappa shape index (κ3) is 3.34. The van der Waals surface area contributed by atoms with E-state index in [0.29, 0.717) is 22.8 Å².